The number of rotatable bonds is 5. The maximum atomic E-state index is 14.1. The molecule has 0 aliphatic carbocycles. The Labute approximate surface area is 148 Å². The number of amides is 2. The molecule has 1 aromatic heterocycles. The van der Waals surface area contributed by atoms with Crippen molar-refractivity contribution in [3.63, 3.8) is 0 Å². The summed E-state index contributed by atoms with van der Waals surface area (Å²) in [4.78, 5) is 25.9. The van der Waals surface area contributed by atoms with E-state index in [2.05, 4.69) is 5.32 Å². The van der Waals surface area contributed by atoms with Crippen molar-refractivity contribution in [3.8, 4) is 0 Å². The van der Waals surface area contributed by atoms with Crippen LogP contribution in [0.25, 0.3) is 0 Å². The zero-order valence-electron chi connectivity index (χ0n) is 14.1. The molecule has 0 radical (unpaired) electrons. The Morgan fingerprint density at radius 1 is 1.31 bits per heavy atom. The summed E-state index contributed by atoms with van der Waals surface area (Å²) in [5, 5.41) is 2.41. The van der Waals surface area contributed by atoms with Crippen LogP contribution in [0.4, 0.5) is 14.5 Å². The highest BCUT2D eigenvalue weighted by molar-refractivity contribution is 5.98. The molecule has 8 heteroatoms. The molecule has 1 atom stereocenters. The Balaban J connectivity index is 1.78. The van der Waals surface area contributed by atoms with Crippen molar-refractivity contribution in [1.82, 2.24) is 4.90 Å². The number of hydrogen-bond acceptors (Lipinski definition) is 4. The van der Waals surface area contributed by atoms with Crippen molar-refractivity contribution >= 4 is 17.5 Å². The minimum absolute atomic E-state index is 0.202. The Bertz CT molecular complexity index is 802. The number of anilines is 1. The molecule has 2 aromatic rings. The average Bonchev–Trinajstić information content (AvgIpc) is 3.30. The van der Waals surface area contributed by atoms with Crippen LogP contribution in [0.5, 0.6) is 0 Å². The van der Waals surface area contributed by atoms with Gasteiger partial charge < -0.3 is 19.4 Å². The fourth-order valence-electron chi connectivity index (χ4n) is 2.72. The topological polar surface area (TPSA) is 71.8 Å². The third kappa shape index (κ3) is 3.91. The van der Waals surface area contributed by atoms with E-state index in [0.29, 0.717) is 19.1 Å². The van der Waals surface area contributed by atoms with Gasteiger partial charge in [0.2, 0.25) is 5.91 Å². The third-order valence-corrected chi connectivity index (χ3v) is 4.19. The van der Waals surface area contributed by atoms with Gasteiger partial charge in [0.25, 0.3) is 5.91 Å². The average molecular weight is 364 g/mol. The number of benzene rings is 1. The number of hydrogen-bond donors (Lipinski definition) is 1. The zero-order chi connectivity index (χ0) is 18.7. The van der Waals surface area contributed by atoms with E-state index in [1.54, 1.807) is 6.07 Å². The van der Waals surface area contributed by atoms with Crippen LogP contribution in [0.1, 0.15) is 22.3 Å². The monoisotopic (exact) mass is 364 g/mol. The first kappa shape index (κ1) is 18.1. The lowest BCUT2D eigenvalue weighted by atomic mass is 10.1. The molecular formula is C18H18F2N2O4. The van der Waals surface area contributed by atoms with Crippen LogP contribution in [0.3, 0.4) is 0 Å². The summed E-state index contributed by atoms with van der Waals surface area (Å²) in [6.07, 6.45) is 3.47. The van der Waals surface area contributed by atoms with Crippen LogP contribution < -0.4 is 5.32 Å². The molecule has 2 heterocycles. The number of carbonyl (C=O) groups is 2. The first-order valence-corrected chi connectivity index (χ1v) is 8.10. The Morgan fingerprint density at radius 3 is 2.77 bits per heavy atom. The fraction of sp³-hybridized carbons (Fsp3) is 0.333. The van der Waals surface area contributed by atoms with E-state index in [-0.39, 0.29) is 30.3 Å². The largest absolute Gasteiger partial charge is 0.472 e. The molecule has 2 amide bonds. The van der Waals surface area contributed by atoms with Crippen molar-refractivity contribution in [2.45, 2.75) is 13.0 Å². The number of nitrogens with zero attached hydrogens (tertiary/aromatic N) is 1. The molecule has 26 heavy (non-hydrogen) atoms. The first-order chi connectivity index (χ1) is 12.5. The summed E-state index contributed by atoms with van der Waals surface area (Å²) >= 11 is 0. The maximum Gasteiger partial charge on any atom is 0.256 e. The van der Waals surface area contributed by atoms with Gasteiger partial charge in [0.1, 0.15) is 11.6 Å². The molecule has 1 N–H and O–H groups in total. The Kier molecular flexibility index (Phi) is 5.32. The predicted molar refractivity (Wildman–Crippen MR) is 88.4 cm³/mol. The van der Waals surface area contributed by atoms with Crippen LogP contribution in [0.15, 0.2) is 35.1 Å². The molecule has 1 saturated heterocycles. The van der Waals surface area contributed by atoms with Gasteiger partial charge in [-0.2, -0.15) is 0 Å². The summed E-state index contributed by atoms with van der Waals surface area (Å²) in [5.74, 6) is -3.37. The van der Waals surface area contributed by atoms with E-state index >= 15 is 0 Å². The highest BCUT2D eigenvalue weighted by Crippen LogP contribution is 2.23. The lowest BCUT2D eigenvalue weighted by Gasteiger charge is -2.18. The van der Waals surface area contributed by atoms with E-state index in [9.17, 15) is 18.4 Å². The van der Waals surface area contributed by atoms with E-state index in [1.165, 1.54) is 24.5 Å². The van der Waals surface area contributed by atoms with Crippen molar-refractivity contribution in [3.05, 3.63) is 53.5 Å². The second-order valence-corrected chi connectivity index (χ2v) is 6.15. The molecule has 1 fully saturated rings. The smallest absolute Gasteiger partial charge is 0.256 e. The number of furan rings is 1. The highest BCUT2D eigenvalue weighted by Gasteiger charge is 2.26. The second kappa shape index (κ2) is 7.65. The van der Waals surface area contributed by atoms with Gasteiger partial charge in [-0.15, -0.1) is 0 Å². The molecule has 1 aromatic carbocycles. The molecule has 0 spiro atoms. The number of carbonyl (C=O) groups excluding carboxylic acids is 2. The number of halogens is 2. The summed E-state index contributed by atoms with van der Waals surface area (Å²) in [5.41, 5.74) is 0.178. The molecule has 3 rings (SSSR count). The van der Waals surface area contributed by atoms with Gasteiger partial charge in [-0.1, -0.05) is 0 Å². The Morgan fingerprint density at radius 2 is 2.12 bits per heavy atom. The fourth-order valence-corrected chi connectivity index (χ4v) is 2.72. The van der Waals surface area contributed by atoms with Gasteiger partial charge in [0.05, 0.1) is 36.3 Å². The predicted octanol–water partition coefficient (Wildman–Crippen LogP) is 2.81. The second-order valence-electron chi connectivity index (χ2n) is 6.15. The molecule has 1 aliphatic heterocycles. The lowest BCUT2D eigenvalue weighted by molar-refractivity contribution is -0.119. The van der Waals surface area contributed by atoms with E-state index in [4.69, 9.17) is 9.15 Å². The quantitative estimate of drug-likeness (QED) is 0.886. The Hall–Kier alpha value is -2.74. The van der Waals surface area contributed by atoms with E-state index < -0.39 is 23.4 Å². The molecule has 0 saturated carbocycles. The minimum Gasteiger partial charge on any atom is -0.472 e. The summed E-state index contributed by atoms with van der Waals surface area (Å²) in [7, 11) is 1.49. The van der Waals surface area contributed by atoms with Crippen LogP contribution in [0.2, 0.25) is 0 Å². The zero-order valence-corrected chi connectivity index (χ0v) is 14.1. The van der Waals surface area contributed by atoms with Gasteiger partial charge in [0.15, 0.2) is 0 Å². The SMILES string of the molecule is CN(Cc1ccoc1)C(=O)c1cc(NC(=O)C2CCOC2)c(F)cc1F. The van der Waals surface area contributed by atoms with Gasteiger partial charge in [-0.05, 0) is 18.6 Å². The number of nitrogens with one attached hydrogen (secondary N) is 1. The van der Waals surface area contributed by atoms with Crippen LogP contribution in [-0.2, 0) is 16.1 Å². The third-order valence-electron chi connectivity index (χ3n) is 4.19. The summed E-state index contributed by atoms with van der Waals surface area (Å²) < 4.78 is 38.2. The molecule has 6 nitrogen and oxygen atoms in total. The van der Waals surface area contributed by atoms with Crippen LogP contribution in [-0.4, -0.2) is 37.0 Å². The van der Waals surface area contributed by atoms with Gasteiger partial charge >= 0.3 is 0 Å². The lowest BCUT2D eigenvalue weighted by Crippen LogP contribution is -2.28. The first-order valence-electron chi connectivity index (χ1n) is 8.10. The van der Waals surface area contributed by atoms with E-state index in [1.807, 2.05) is 0 Å². The van der Waals surface area contributed by atoms with Gasteiger partial charge in [-0.3, -0.25) is 9.59 Å². The van der Waals surface area contributed by atoms with Crippen LogP contribution in [0, 0.1) is 17.6 Å². The molecule has 0 bridgehead atoms. The van der Waals surface area contributed by atoms with Gasteiger partial charge in [-0.25, -0.2) is 8.78 Å². The molecule has 1 unspecified atom stereocenters. The van der Waals surface area contributed by atoms with Crippen LogP contribution >= 0.6 is 0 Å². The summed E-state index contributed by atoms with van der Waals surface area (Å²) in [6.45, 7) is 0.924. The van der Waals surface area contributed by atoms with Crippen molar-refractivity contribution in [2.75, 3.05) is 25.6 Å². The van der Waals surface area contributed by atoms with Crippen molar-refractivity contribution in [1.29, 1.82) is 0 Å². The maximum absolute atomic E-state index is 14.1. The minimum atomic E-state index is -0.992. The van der Waals surface area contributed by atoms with Crippen molar-refractivity contribution < 1.29 is 27.5 Å². The van der Waals surface area contributed by atoms with E-state index in [0.717, 1.165) is 11.6 Å². The van der Waals surface area contributed by atoms with Crippen molar-refractivity contribution in [2.24, 2.45) is 5.92 Å². The molecule has 138 valence electrons. The molecular weight excluding hydrogens is 346 g/mol. The standard InChI is InChI=1S/C18H18F2N2O4/c1-22(8-11-2-4-25-9-11)18(24)13-6-16(15(20)7-14(13)19)21-17(23)12-3-5-26-10-12/h2,4,6-7,9,12H,3,5,8,10H2,1H3,(H,21,23). The summed E-state index contributed by atoms with van der Waals surface area (Å²) in [6, 6.07) is 3.30. The van der Waals surface area contributed by atoms with Gasteiger partial charge in [0, 0.05) is 31.8 Å². The number of ether oxygens (including phenoxy) is 1. The molecule has 1 aliphatic rings. The highest BCUT2D eigenvalue weighted by atomic mass is 19.1. The normalized spacial score (nSPS) is 16.5.